The third kappa shape index (κ3) is 6.23. The van der Waals surface area contributed by atoms with Crippen LogP contribution >= 0.6 is 11.6 Å². The van der Waals surface area contributed by atoms with Crippen molar-refractivity contribution in [3.8, 4) is 0 Å². The number of aryl methyl sites for hydroxylation is 1. The molecule has 4 nitrogen and oxygen atoms in total. The number of ketones is 1. The SMILES string of the molecule is CCCc1cc(CCNS(=O)(=O)c2ccc(Cl)cc2)cc(C(=O)c2ccc(F)cc2)c1. The molecule has 0 saturated carbocycles. The van der Waals surface area contributed by atoms with E-state index in [1.165, 1.54) is 48.5 Å². The Bertz CT molecular complexity index is 1160. The molecular formula is C24H23ClFNO3S. The molecule has 0 heterocycles. The Morgan fingerprint density at radius 3 is 2.13 bits per heavy atom. The highest BCUT2D eigenvalue weighted by atomic mass is 35.5. The summed E-state index contributed by atoms with van der Waals surface area (Å²) in [6, 6.07) is 17.0. The van der Waals surface area contributed by atoms with Crippen molar-refractivity contribution in [1.29, 1.82) is 0 Å². The van der Waals surface area contributed by atoms with Gasteiger partial charge in [-0.2, -0.15) is 0 Å². The van der Waals surface area contributed by atoms with E-state index in [0.717, 1.165) is 24.0 Å². The number of rotatable bonds is 9. The van der Waals surface area contributed by atoms with Crippen molar-refractivity contribution >= 4 is 27.4 Å². The van der Waals surface area contributed by atoms with Crippen molar-refractivity contribution in [3.05, 3.63) is 99.8 Å². The summed E-state index contributed by atoms with van der Waals surface area (Å²) in [6.07, 6.45) is 2.14. The molecule has 3 aromatic carbocycles. The average molecular weight is 460 g/mol. The zero-order valence-electron chi connectivity index (χ0n) is 17.1. The number of sulfonamides is 1. The quantitative estimate of drug-likeness (QED) is 0.448. The van der Waals surface area contributed by atoms with Crippen LogP contribution in [0.15, 0.2) is 71.6 Å². The minimum absolute atomic E-state index is 0.142. The van der Waals surface area contributed by atoms with Gasteiger partial charge in [0, 0.05) is 22.7 Å². The maximum Gasteiger partial charge on any atom is 0.240 e. The van der Waals surface area contributed by atoms with E-state index in [2.05, 4.69) is 4.72 Å². The van der Waals surface area contributed by atoms with E-state index in [4.69, 9.17) is 11.6 Å². The van der Waals surface area contributed by atoms with Gasteiger partial charge >= 0.3 is 0 Å². The first-order valence-electron chi connectivity index (χ1n) is 9.97. The number of hydrogen-bond donors (Lipinski definition) is 1. The van der Waals surface area contributed by atoms with Crippen molar-refractivity contribution in [2.45, 2.75) is 31.1 Å². The van der Waals surface area contributed by atoms with Gasteiger partial charge in [-0.05, 0) is 84.6 Å². The molecule has 0 aliphatic heterocycles. The maximum absolute atomic E-state index is 13.2. The molecule has 0 amide bonds. The molecule has 0 unspecified atom stereocenters. The summed E-state index contributed by atoms with van der Waals surface area (Å²) >= 11 is 5.82. The predicted molar refractivity (Wildman–Crippen MR) is 121 cm³/mol. The van der Waals surface area contributed by atoms with Gasteiger partial charge in [0.05, 0.1) is 4.90 Å². The molecule has 0 fully saturated rings. The summed E-state index contributed by atoms with van der Waals surface area (Å²) in [5.41, 5.74) is 2.78. The van der Waals surface area contributed by atoms with Gasteiger partial charge in [0.1, 0.15) is 5.82 Å². The van der Waals surface area contributed by atoms with Crippen molar-refractivity contribution in [2.75, 3.05) is 6.54 Å². The van der Waals surface area contributed by atoms with Crippen molar-refractivity contribution in [3.63, 3.8) is 0 Å². The Morgan fingerprint density at radius 1 is 0.903 bits per heavy atom. The molecule has 0 aromatic heterocycles. The van der Waals surface area contributed by atoms with Crippen LogP contribution in [0.25, 0.3) is 0 Å². The molecule has 1 N–H and O–H groups in total. The minimum atomic E-state index is -3.65. The highest BCUT2D eigenvalue weighted by molar-refractivity contribution is 7.89. The van der Waals surface area contributed by atoms with Crippen LogP contribution in [-0.2, 0) is 22.9 Å². The first-order valence-corrected chi connectivity index (χ1v) is 11.8. The van der Waals surface area contributed by atoms with Gasteiger partial charge < -0.3 is 0 Å². The number of nitrogens with one attached hydrogen (secondary N) is 1. The lowest BCUT2D eigenvalue weighted by Crippen LogP contribution is -2.26. The van der Waals surface area contributed by atoms with Gasteiger partial charge in [0.15, 0.2) is 5.78 Å². The summed E-state index contributed by atoms with van der Waals surface area (Å²) in [4.78, 5) is 13.0. The number of carbonyl (C=O) groups excluding carboxylic acids is 1. The number of benzene rings is 3. The van der Waals surface area contributed by atoms with Crippen molar-refractivity contribution < 1.29 is 17.6 Å². The van der Waals surface area contributed by atoms with E-state index in [0.29, 0.717) is 22.6 Å². The van der Waals surface area contributed by atoms with E-state index in [1.807, 2.05) is 19.1 Å². The van der Waals surface area contributed by atoms with Crippen LogP contribution in [0.4, 0.5) is 4.39 Å². The molecule has 162 valence electrons. The molecule has 0 aliphatic carbocycles. The fraction of sp³-hybridized carbons (Fsp3) is 0.208. The largest absolute Gasteiger partial charge is 0.289 e. The zero-order valence-corrected chi connectivity index (χ0v) is 18.6. The van der Waals surface area contributed by atoms with Crippen LogP contribution in [0.3, 0.4) is 0 Å². The van der Waals surface area contributed by atoms with Crippen molar-refractivity contribution in [2.24, 2.45) is 0 Å². The van der Waals surface area contributed by atoms with Crippen molar-refractivity contribution in [1.82, 2.24) is 4.72 Å². The minimum Gasteiger partial charge on any atom is -0.289 e. The number of halogens is 2. The Morgan fingerprint density at radius 2 is 1.52 bits per heavy atom. The van der Waals surface area contributed by atoms with Gasteiger partial charge in [0.2, 0.25) is 10.0 Å². The summed E-state index contributed by atoms with van der Waals surface area (Å²) in [7, 11) is -3.65. The maximum atomic E-state index is 13.2. The molecule has 0 bridgehead atoms. The molecule has 7 heteroatoms. The molecular weight excluding hydrogens is 437 g/mol. The van der Waals surface area contributed by atoms with Crippen LogP contribution in [-0.4, -0.2) is 20.7 Å². The van der Waals surface area contributed by atoms with Crippen LogP contribution in [0.1, 0.15) is 40.4 Å². The molecule has 0 saturated heterocycles. The third-order valence-corrected chi connectivity index (χ3v) is 6.52. The molecule has 3 aromatic rings. The normalized spacial score (nSPS) is 11.5. The van der Waals surface area contributed by atoms with Gasteiger partial charge in [-0.1, -0.05) is 31.0 Å². The standard InChI is InChI=1S/C24H23ClFNO3S/c1-2-3-17-14-18(12-13-27-31(29,30)23-10-6-21(25)7-11-23)16-20(15-17)24(28)19-4-8-22(26)9-5-19/h4-11,14-16,27H,2-3,12-13H2,1H3. The predicted octanol–water partition coefficient (Wildman–Crippen LogP) is 5.18. The lowest BCUT2D eigenvalue weighted by molar-refractivity contribution is 0.103. The van der Waals surface area contributed by atoms with E-state index < -0.39 is 15.8 Å². The molecule has 0 atom stereocenters. The summed E-state index contributed by atoms with van der Waals surface area (Å²) in [6.45, 7) is 2.24. The first-order chi connectivity index (χ1) is 14.8. The molecule has 0 aliphatic rings. The van der Waals surface area contributed by atoms with Gasteiger partial charge in [-0.3, -0.25) is 4.79 Å². The Balaban J connectivity index is 1.76. The van der Waals surface area contributed by atoms with Crippen LogP contribution in [0.5, 0.6) is 0 Å². The first kappa shape index (κ1) is 23.1. The number of carbonyl (C=O) groups is 1. The van der Waals surface area contributed by atoms with Gasteiger partial charge in [-0.25, -0.2) is 17.5 Å². The second kappa shape index (κ2) is 10.2. The summed E-state index contributed by atoms with van der Waals surface area (Å²) < 4.78 is 40.7. The lowest BCUT2D eigenvalue weighted by atomic mass is 9.96. The second-order valence-corrected chi connectivity index (χ2v) is 9.43. The van der Waals surface area contributed by atoms with E-state index in [-0.39, 0.29) is 17.2 Å². The Labute approximate surface area is 187 Å². The summed E-state index contributed by atoms with van der Waals surface area (Å²) in [5.74, 6) is -0.592. The Kier molecular flexibility index (Phi) is 7.59. The highest BCUT2D eigenvalue weighted by Crippen LogP contribution is 2.18. The van der Waals surface area contributed by atoms with Crippen LogP contribution < -0.4 is 4.72 Å². The molecule has 0 spiro atoms. The van der Waals surface area contributed by atoms with Crippen LogP contribution in [0.2, 0.25) is 5.02 Å². The second-order valence-electron chi connectivity index (χ2n) is 7.23. The van der Waals surface area contributed by atoms with Gasteiger partial charge in [0.25, 0.3) is 0 Å². The lowest BCUT2D eigenvalue weighted by Gasteiger charge is -2.11. The fourth-order valence-electron chi connectivity index (χ4n) is 3.27. The van der Waals surface area contributed by atoms with E-state index in [9.17, 15) is 17.6 Å². The Hall–Kier alpha value is -2.54. The molecule has 31 heavy (non-hydrogen) atoms. The molecule has 3 rings (SSSR count). The smallest absolute Gasteiger partial charge is 0.240 e. The highest BCUT2D eigenvalue weighted by Gasteiger charge is 2.15. The molecule has 0 radical (unpaired) electrons. The average Bonchev–Trinajstić information content (AvgIpc) is 2.74. The fourth-order valence-corrected chi connectivity index (χ4v) is 4.42. The van der Waals surface area contributed by atoms with E-state index >= 15 is 0 Å². The van der Waals surface area contributed by atoms with Crippen LogP contribution in [0, 0.1) is 5.82 Å². The summed E-state index contributed by atoms with van der Waals surface area (Å²) in [5, 5.41) is 0.463. The topological polar surface area (TPSA) is 63.2 Å². The zero-order chi connectivity index (χ0) is 22.4. The third-order valence-electron chi connectivity index (χ3n) is 4.79. The monoisotopic (exact) mass is 459 g/mol. The van der Waals surface area contributed by atoms with Gasteiger partial charge in [-0.15, -0.1) is 0 Å². The van der Waals surface area contributed by atoms with E-state index in [1.54, 1.807) is 6.07 Å². The number of hydrogen-bond acceptors (Lipinski definition) is 3.